The summed E-state index contributed by atoms with van der Waals surface area (Å²) in [5.74, 6) is 0. The zero-order chi connectivity index (χ0) is 37.0. The van der Waals surface area contributed by atoms with E-state index in [2.05, 4.69) is 0 Å². The van der Waals surface area contributed by atoms with E-state index in [-0.39, 0.29) is 38.2 Å². The summed E-state index contributed by atoms with van der Waals surface area (Å²) in [5.41, 5.74) is 0. The van der Waals surface area contributed by atoms with Crippen molar-refractivity contribution in [1.29, 1.82) is 0 Å². The van der Waals surface area contributed by atoms with Gasteiger partial charge in [0, 0.05) is 32.1 Å². The van der Waals surface area contributed by atoms with E-state index in [1.807, 2.05) is 0 Å². The van der Waals surface area contributed by atoms with E-state index in [4.69, 9.17) is 42.6 Å². The van der Waals surface area contributed by atoms with Gasteiger partial charge in [0.1, 0.15) is 61.0 Å². The average Bonchev–Trinajstić information content (AvgIpc) is 3.11. The monoisotopic (exact) mass is 746 g/mol. The summed E-state index contributed by atoms with van der Waals surface area (Å²) in [6.45, 7) is -0.670. The number of rotatable bonds is 13. The summed E-state index contributed by atoms with van der Waals surface area (Å²) in [6.07, 6.45) is -22.7. The molecule has 20 nitrogen and oxygen atoms in total. The van der Waals surface area contributed by atoms with Crippen LogP contribution in [0.4, 0.5) is 0 Å². The van der Waals surface area contributed by atoms with Gasteiger partial charge in [0.15, 0.2) is 25.2 Å². The standard InChI is InChI=1S/C31H54O20/c1-12-2-16(26(38)19(9-34)44-12)47-24-6-17(27(39)20(10-35)50-24)48-23-4-13(3-14(7-32)45-23)46-31-30(42)29(41)28(40)21(51-31)11-43-22-5-15(36)25(37)18(8-33)49-22/h12-42H,2-11H2,1H3/t12-,13+,14+,15-,16-,17-,18-,19-,20-,21-,22-,23+,24-,25+,26+,27+,28-,29+,30-,31-/m1/s1. The summed E-state index contributed by atoms with van der Waals surface area (Å²) in [4.78, 5) is 0. The number of hydrogen-bond donors (Lipinski definition) is 11. The van der Waals surface area contributed by atoms with Gasteiger partial charge in [-0.1, -0.05) is 0 Å². The summed E-state index contributed by atoms with van der Waals surface area (Å²) in [6, 6.07) is 0. The molecule has 0 aliphatic carbocycles. The molecule has 20 atom stereocenters. The van der Waals surface area contributed by atoms with Gasteiger partial charge in [-0.2, -0.15) is 0 Å². The largest absolute Gasteiger partial charge is 0.394 e. The maximum absolute atomic E-state index is 11.0. The molecule has 0 aromatic carbocycles. The second-order valence-corrected chi connectivity index (χ2v) is 13.8. The van der Waals surface area contributed by atoms with Gasteiger partial charge in [0.2, 0.25) is 0 Å². The van der Waals surface area contributed by atoms with Gasteiger partial charge in [-0.3, -0.25) is 0 Å². The van der Waals surface area contributed by atoms with Crippen LogP contribution in [0.5, 0.6) is 0 Å². The Bertz CT molecular complexity index is 1050. The van der Waals surface area contributed by atoms with Crippen LogP contribution in [0, 0.1) is 0 Å². The van der Waals surface area contributed by atoms with E-state index in [0.717, 1.165) is 0 Å². The van der Waals surface area contributed by atoms with Gasteiger partial charge in [-0.05, 0) is 6.92 Å². The molecule has 298 valence electrons. The van der Waals surface area contributed by atoms with Gasteiger partial charge in [-0.25, -0.2) is 0 Å². The molecule has 0 unspecified atom stereocenters. The van der Waals surface area contributed by atoms with Gasteiger partial charge in [0.25, 0.3) is 0 Å². The molecule has 5 aliphatic heterocycles. The maximum Gasteiger partial charge on any atom is 0.186 e. The van der Waals surface area contributed by atoms with E-state index in [9.17, 15) is 56.2 Å². The third-order valence-electron chi connectivity index (χ3n) is 9.95. The lowest BCUT2D eigenvalue weighted by Gasteiger charge is -2.45. The third-order valence-corrected chi connectivity index (χ3v) is 9.95. The summed E-state index contributed by atoms with van der Waals surface area (Å²) < 4.78 is 52.1. The SMILES string of the molecule is C[C@@H]1C[C@@H](O[C@H]2C[C@@H](O[C@H]3C[C@@H](O[C@@H]4O[C@H](CO[C@H]5C[C@@H](O)[C@H](O)[C@@H](CO)O5)[C@@H](O)[C@H](O)[C@H]4O)C[C@@H](CO)O3)[C@H](O)[C@@H](CO)O2)[C@H](O)[C@@H](CO)O1. The first kappa shape index (κ1) is 41.4. The Labute approximate surface area is 293 Å². The minimum absolute atomic E-state index is 0.00463. The fourth-order valence-corrected chi connectivity index (χ4v) is 7.07. The van der Waals surface area contributed by atoms with Crippen molar-refractivity contribution in [3.05, 3.63) is 0 Å². The van der Waals surface area contributed by atoms with Crippen molar-refractivity contribution in [2.24, 2.45) is 0 Å². The summed E-state index contributed by atoms with van der Waals surface area (Å²) >= 11 is 0. The van der Waals surface area contributed by atoms with Gasteiger partial charge in [0.05, 0.1) is 69.7 Å². The zero-order valence-electron chi connectivity index (χ0n) is 28.2. The molecule has 5 aliphatic rings. The van der Waals surface area contributed by atoms with Gasteiger partial charge in [-0.15, -0.1) is 0 Å². The number of ether oxygens (including phenoxy) is 9. The number of aliphatic hydroxyl groups is 11. The Hall–Kier alpha value is -0.800. The number of aliphatic hydroxyl groups excluding tert-OH is 11. The lowest BCUT2D eigenvalue weighted by molar-refractivity contribution is -0.343. The summed E-state index contributed by atoms with van der Waals surface area (Å²) in [5, 5.41) is 112. The maximum atomic E-state index is 11.0. The Morgan fingerprint density at radius 3 is 1.73 bits per heavy atom. The Morgan fingerprint density at radius 2 is 1.08 bits per heavy atom. The molecule has 5 fully saturated rings. The van der Waals surface area contributed by atoms with Crippen LogP contribution in [0.3, 0.4) is 0 Å². The van der Waals surface area contributed by atoms with Crippen molar-refractivity contribution < 1.29 is 98.8 Å². The second-order valence-electron chi connectivity index (χ2n) is 13.8. The Morgan fingerprint density at radius 1 is 0.490 bits per heavy atom. The fraction of sp³-hybridized carbons (Fsp3) is 1.00. The van der Waals surface area contributed by atoms with Crippen LogP contribution in [0.2, 0.25) is 0 Å². The fourth-order valence-electron chi connectivity index (χ4n) is 7.07. The molecule has 0 spiro atoms. The molecular weight excluding hydrogens is 692 g/mol. The van der Waals surface area contributed by atoms with Crippen LogP contribution in [-0.4, -0.2) is 212 Å². The van der Waals surface area contributed by atoms with Crippen molar-refractivity contribution in [1.82, 2.24) is 0 Å². The molecule has 0 bridgehead atoms. The van der Waals surface area contributed by atoms with Crippen LogP contribution < -0.4 is 0 Å². The average molecular weight is 747 g/mol. The van der Waals surface area contributed by atoms with Crippen LogP contribution >= 0.6 is 0 Å². The minimum atomic E-state index is -1.72. The number of hydrogen-bond acceptors (Lipinski definition) is 20. The quantitative estimate of drug-likeness (QED) is 0.0837. The molecular formula is C31H54O20. The van der Waals surface area contributed by atoms with Crippen molar-refractivity contribution in [3.8, 4) is 0 Å². The van der Waals surface area contributed by atoms with E-state index in [1.165, 1.54) is 0 Å². The van der Waals surface area contributed by atoms with E-state index < -0.39 is 150 Å². The molecule has 51 heavy (non-hydrogen) atoms. The van der Waals surface area contributed by atoms with E-state index in [1.54, 1.807) is 6.92 Å². The predicted octanol–water partition coefficient (Wildman–Crippen LogP) is -5.71. The first-order valence-corrected chi connectivity index (χ1v) is 17.4. The van der Waals surface area contributed by atoms with E-state index in [0.29, 0.717) is 0 Å². The topological polar surface area (TPSA) is 306 Å². The lowest BCUT2D eigenvalue weighted by Crippen LogP contribution is -2.61. The lowest BCUT2D eigenvalue weighted by atomic mass is 9.97. The molecule has 0 amide bonds. The molecule has 5 saturated heterocycles. The Kier molecular flexibility index (Phi) is 15.2. The normalized spacial score (nSPS) is 49.9. The molecule has 5 rings (SSSR count). The second kappa shape index (κ2) is 18.7. The predicted molar refractivity (Wildman–Crippen MR) is 163 cm³/mol. The molecule has 0 saturated carbocycles. The van der Waals surface area contributed by atoms with Crippen LogP contribution in [0.25, 0.3) is 0 Å². The molecule has 0 aromatic rings. The highest BCUT2D eigenvalue weighted by molar-refractivity contribution is 4.92. The van der Waals surface area contributed by atoms with Gasteiger partial charge < -0.3 is 98.8 Å². The molecule has 0 radical (unpaired) electrons. The third kappa shape index (κ3) is 10.1. The first-order valence-electron chi connectivity index (χ1n) is 17.4. The smallest absolute Gasteiger partial charge is 0.186 e. The molecule has 0 aromatic heterocycles. The van der Waals surface area contributed by atoms with Crippen LogP contribution in [-0.2, 0) is 42.6 Å². The molecule has 11 N–H and O–H groups in total. The van der Waals surface area contributed by atoms with Crippen molar-refractivity contribution in [3.63, 3.8) is 0 Å². The van der Waals surface area contributed by atoms with Crippen LogP contribution in [0.15, 0.2) is 0 Å². The highest BCUT2D eigenvalue weighted by atomic mass is 16.7. The minimum Gasteiger partial charge on any atom is -0.394 e. The highest BCUT2D eigenvalue weighted by Crippen LogP contribution is 2.34. The highest BCUT2D eigenvalue weighted by Gasteiger charge is 2.48. The Balaban J connectivity index is 1.19. The molecule has 20 heteroatoms. The first-order chi connectivity index (χ1) is 24.3. The summed E-state index contributed by atoms with van der Waals surface area (Å²) in [7, 11) is 0. The van der Waals surface area contributed by atoms with Crippen molar-refractivity contribution in [2.75, 3.05) is 33.0 Å². The zero-order valence-corrected chi connectivity index (χ0v) is 28.2. The van der Waals surface area contributed by atoms with Gasteiger partial charge >= 0.3 is 0 Å². The van der Waals surface area contributed by atoms with Crippen molar-refractivity contribution >= 4 is 0 Å². The van der Waals surface area contributed by atoms with Crippen LogP contribution in [0.1, 0.15) is 39.0 Å². The molecule has 5 heterocycles. The van der Waals surface area contributed by atoms with E-state index >= 15 is 0 Å². The van der Waals surface area contributed by atoms with Crippen molar-refractivity contribution in [2.45, 2.75) is 162 Å².